The lowest BCUT2D eigenvalue weighted by Crippen LogP contribution is -2.33. The maximum atomic E-state index is 13.5. The zero-order valence-corrected chi connectivity index (χ0v) is 24.7. The summed E-state index contributed by atoms with van der Waals surface area (Å²) in [5.41, 5.74) is 5.11. The predicted molar refractivity (Wildman–Crippen MR) is 167 cm³/mol. The quantitative estimate of drug-likeness (QED) is 0.173. The lowest BCUT2D eigenvalue weighted by molar-refractivity contribution is -0.118. The van der Waals surface area contributed by atoms with Crippen molar-refractivity contribution in [2.45, 2.75) is 57.8 Å². The van der Waals surface area contributed by atoms with E-state index in [2.05, 4.69) is 62.1 Å². The highest BCUT2D eigenvalue weighted by Gasteiger charge is 2.29. The number of anilines is 1. The highest BCUT2D eigenvalue weighted by molar-refractivity contribution is 7.22. The van der Waals surface area contributed by atoms with E-state index >= 15 is 0 Å². The molecule has 9 heteroatoms. The molecule has 2 aliphatic heterocycles. The number of benzene rings is 1. The molecule has 210 valence electrons. The Balaban J connectivity index is 1.33. The standard InChI is InChI=1S/C32H35N6O2P/c1-21(12-13-22(2)32-34-31(36-40-32)25-15-16-25)20-37(29(39)17-14-23(3)41)27-10-8-9-26(19-27)30-28-11-6-5-7-18-38(28)35-24(4)33-30/h8-11,19,25H,1-3,6,12-18,20,41H2,4H3. The zero-order valence-electron chi connectivity index (χ0n) is 23.5. The van der Waals surface area contributed by atoms with Gasteiger partial charge in [0, 0.05) is 42.1 Å². The predicted octanol–water partition coefficient (Wildman–Crippen LogP) is 6.23. The fourth-order valence-electron chi connectivity index (χ4n) is 4.65. The molecule has 1 aromatic heterocycles. The van der Waals surface area contributed by atoms with Crippen LogP contribution in [0.25, 0.3) is 5.57 Å². The summed E-state index contributed by atoms with van der Waals surface area (Å²) in [7, 11) is 2.58. The van der Waals surface area contributed by atoms with Gasteiger partial charge in [-0.05, 0) is 57.2 Å². The van der Waals surface area contributed by atoms with Gasteiger partial charge in [0.2, 0.25) is 5.91 Å². The van der Waals surface area contributed by atoms with E-state index in [1.165, 1.54) is 0 Å². The first kappa shape index (κ1) is 28.4. The summed E-state index contributed by atoms with van der Waals surface area (Å²) >= 11 is 0. The van der Waals surface area contributed by atoms with E-state index in [1.54, 1.807) is 4.90 Å². The third kappa shape index (κ3) is 7.17. The minimum absolute atomic E-state index is 0.00346. The average Bonchev–Trinajstić information content (AvgIpc) is 3.74. The molecule has 0 radical (unpaired) electrons. The van der Waals surface area contributed by atoms with E-state index in [1.807, 2.05) is 36.2 Å². The number of fused-ring (bicyclic) bond motifs is 1. The number of carbonyl (C=O) groups excluding carboxylic acids is 1. The molecule has 0 spiro atoms. The van der Waals surface area contributed by atoms with E-state index < -0.39 is 0 Å². The Bertz CT molecular complexity index is 1550. The molecule has 41 heavy (non-hydrogen) atoms. The fourth-order valence-corrected chi connectivity index (χ4v) is 4.79. The van der Waals surface area contributed by atoms with Crippen LogP contribution >= 0.6 is 9.24 Å². The van der Waals surface area contributed by atoms with Gasteiger partial charge in [-0.2, -0.15) is 10.1 Å². The van der Waals surface area contributed by atoms with Crippen LogP contribution in [-0.2, 0) is 4.79 Å². The highest BCUT2D eigenvalue weighted by Crippen LogP contribution is 2.38. The minimum Gasteiger partial charge on any atom is -0.334 e. The number of amidine groups is 1. The molecule has 1 atom stereocenters. The Kier molecular flexibility index (Phi) is 8.75. The lowest BCUT2D eigenvalue weighted by Gasteiger charge is -2.27. The monoisotopic (exact) mass is 566 g/mol. The van der Waals surface area contributed by atoms with Crippen LogP contribution in [0.2, 0.25) is 0 Å². The lowest BCUT2D eigenvalue weighted by atomic mass is 10.0. The summed E-state index contributed by atoms with van der Waals surface area (Å²) < 4.78 is 5.43. The Hall–Kier alpha value is -4.08. The first-order valence-electron chi connectivity index (χ1n) is 13.9. The minimum atomic E-state index is 0.00346. The maximum absolute atomic E-state index is 13.5. The van der Waals surface area contributed by atoms with Crippen LogP contribution in [0.15, 0.2) is 81.3 Å². The van der Waals surface area contributed by atoms with Crippen LogP contribution in [0.3, 0.4) is 0 Å². The van der Waals surface area contributed by atoms with Gasteiger partial charge >= 0.3 is 0 Å². The van der Waals surface area contributed by atoms with Crippen molar-refractivity contribution in [3.8, 4) is 11.8 Å². The SMILES string of the molecule is C=C(P)CCC(=O)N(CC(=C)CCC(=C)c1nc(C2CC2)no1)c1cccc(C2=NC(C)=NN3CC#CCC=C23)c1. The molecule has 5 rings (SSSR count). The average molecular weight is 567 g/mol. The summed E-state index contributed by atoms with van der Waals surface area (Å²) in [6.07, 6.45) is 7.13. The van der Waals surface area contributed by atoms with Crippen LogP contribution in [-0.4, -0.2) is 45.7 Å². The largest absolute Gasteiger partial charge is 0.334 e. The second-order valence-corrected chi connectivity index (χ2v) is 11.4. The third-order valence-corrected chi connectivity index (χ3v) is 7.34. The number of hydrogen-bond acceptors (Lipinski definition) is 7. The Morgan fingerprint density at radius 3 is 2.78 bits per heavy atom. The summed E-state index contributed by atoms with van der Waals surface area (Å²) in [4.78, 5) is 24.6. The van der Waals surface area contributed by atoms with Crippen molar-refractivity contribution in [3.05, 3.63) is 83.9 Å². The van der Waals surface area contributed by atoms with E-state index in [4.69, 9.17) is 9.52 Å². The van der Waals surface area contributed by atoms with E-state index in [-0.39, 0.29) is 5.91 Å². The van der Waals surface area contributed by atoms with Crippen LogP contribution in [0.1, 0.15) is 75.1 Å². The second-order valence-electron chi connectivity index (χ2n) is 10.6. The maximum Gasteiger partial charge on any atom is 0.253 e. The van der Waals surface area contributed by atoms with E-state index in [9.17, 15) is 4.79 Å². The summed E-state index contributed by atoms with van der Waals surface area (Å²) in [5, 5.41) is 11.4. The van der Waals surface area contributed by atoms with Gasteiger partial charge in [-0.25, -0.2) is 10.0 Å². The topological polar surface area (TPSA) is 87.2 Å². The smallest absolute Gasteiger partial charge is 0.253 e. The van der Waals surface area contributed by atoms with Gasteiger partial charge in [-0.15, -0.1) is 9.24 Å². The zero-order chi connectivity index (χ0) is 28.9. The van der Waals surface area contributed by atoms with Crippen molar-refractivity contribution < 1.29 is 9.32 Å². The molecule has 1 unspecified atom stereocenters. The normalized spacial score (nSPS) is 15.9. The van der Waals surface area contributed by atoms with E-state index in [0.717, 1.165) is 57.8 Å². The first-order valence-corrected chi connectivity index (χ1v) is 14.5. The number of carbonyl (C=O) groups is 1. The van der Waals surface area contributed by atoms with Crippen LogP contribution in [0, 0.1) is 11.8 Å². The van der Waals surface area contributed by atoms with Crippen molar-refractivity contribution in [2.75, 3.05) is 18.0 Å². The third-order valence-electron chi connectivity index (χ3n) is 7.05. The molecule has 3 aliphatic rings. The molecule has 1 aromatic carbocycles. The van der Waals surface area contributed by atoms with Gasteiger partial charge in [-0.1, -0.05) is 59.8 Å². The van der Waals surface area contributed by atoms with E-state index in [0.29, 0.717) is 62.8 Å². The van der Waals surface area contributed by atoms with Crippen LogP contribution < -0.4 is 4.90 Å². The van der Waals surface area contributed by atoms with Gasteiger partial charge in [0.1, 0.15) is 12.4 Å². The molecule has 2 aromatic rings. The van der Waals surface area contributed by atoms with Gasteiger partial charge in [0.25, 0.3) is 5.89 Å². The molecule has 0 N–H and O–H groups in total. The first-order chi connectivity index (χ1) is 19.8. The molecule has 8 nitrogen and oxygen atoms in total. The molecular weight excluding hydrogens is 531 g/mol. The summed E-state index contributed by atoms with van der Waals surface area (Å²) in [6.45, 7) is 15.2. The number of hydrogen-bond donors (Lipinski definition) is 0. The summed E-state index contributed by atoms with van der Waals surface area (Å²) in [5.74, 6) is 8.62. The van der Waals surface area contributed by atoms with Crippen molar-refractivity contribution >= 4 is 38.0 Å². The molecular formula is C32H35N6O2P. The van der Waals surface area contributed by atoms with Gasteiger partial charge in [0.05, 0.1) is 11.4 Å². The summed E-state index contributed by atoms with van der Waals surface area (Å²) in [6, 6.07) is 7.93. The number of aliphatic imine (C=N–C) groups is 1. The number of hydrazone groups is 1. The Labute approximate surface area is 243 Å². The number of allylic oxidation sites excluding steroid dienone is 4. The van der Waals surface area contributed by atoms with Crippen LogP contribution in [0.4, 0.5) is 5.69 Å². The molecule has 1 aliphatic carbocycles. The molecule has 1 fully saturated rings. The van der Waals surface area contributed by atoms with Crippen molar-refractivity contribution in [3.63, 3.8) is 0 Å². The molecule has 1 saturated carbocycles. The molecule has 0 bridgehead atoms. The Morgan fingerprint density at radius 1 is 1.17 bits per heavy atom. The van der Waals surface area contributed by atoms with Gasteiger partial charge in [0.15, 0.2) is 5.82 Å². The second kappa shape index (κ2) is 12.6. The number of nitrogens with zero attached hydrogens (tertiary/aromatic N) is 6. The number of rotatable bonds is 12. The number of amides is 1. The van der Waals surface area contributed by atoms with Crippen LogP contribution in [0.5, 0.6) is 0 Å². The molecule has 0 saturated heterocycles. The molecule has 3 heterocycles. The van der Waals surface area contributed by atoms with Crippen molar-refractivity contribution in [2.24, 2.45) is 10.1 Å². The Morgan fingerprint density at radius 2 is 2.00 bits per heavy atom. The van der Waals surface area contributed by atoms with Gasteiger partial charge in [-0.3, -0.25) is 4.79 Å². The fraction of sp³-hybridized carbons (Fsp3) is 0.344. The van der Waals surface area contributed by atoms with Gasteiger partial charge < -0.3 is 9.42 Å². The van der Waals surface area contributed by atoms with Crippen molar-refractivity contribution in [1.82, 2.24) is 15.1 Å². The van der Waals surface area contributed by atoms with Crippen molar-refractivity contribution in [1.29, 1.82) is 0 Å². The highest BCUT2D eigenvalue weighted by atomic mass is 31.0. The number of aromatic nitrogens is 2. The molecule has 1 amide bonds.